The maximum absolute atomic E-state index is 11.4. The van der Waals surface area contributed by atoms with Crippen LogP contribution in [0.15, 0.2) is 0 Å². The Kier molecular flexibility index (Phi) is 4.40. The second-order valence-corrected chi connectivity index (χ2v) is 2.67. The number of carbonyl (C=O) groups excluding carboxylic acids is 2. The first-order valence-electron chi connectivity index (χ1n) is 4.11. The van der Waals surface area contributed by atoms with E-state index in [9.17, 15) is 9.59 Å². The van der Waals surface area contributed by atoms with Crippen LogP contribution in [0.4, 0.5) is 0 Å². The molecule has 5 nitrogen and oxygen atoms in total. The van der Waals surface area contributed by atoms with E-state index in [1.165, 1.54) is 21.0 Å². The molecule has 0 aliphatic rings. The summed E-state index contributed by atoms with van der Waals surface area (Å²) < 4.78 is 4.76. The maximum atomic E-state index is 11.4. The maximum Gasteiger partial charge on any atom is 0.335 e. The molecule has 0 bridgehead atoms. The number of esters is 1. The van der Waals surface area contributed by atoms with Crippen molar-refractivity contribution in [3.8, 4) is 0 Å². The fourth-order valence-electron chi connectivity index (χ4n) is 0.834. The van der Waals surface area contributed by atoms with E-state index in [2.05, 4.69) is 10.6 Å². The normalized spacial score (nSPS) is 14.5. The first kappa shape index (κ1) is 11.9. The van der Waals surface area contributed by atoms with Gasteiger partial charge in [0.2, 0.25) is 0 Å². The SMILES string of the molecule is CCOC(=O)[C@](C)(NC)C(=O)NC. The molecule has 0 aromatic carbocycles. The number of carbonyl (C=O) groups is 2. The van der Waals surface area contributed by atoms with Crippen LogP contribution in [-0.4, -0.2) is 38.1 Å². The van der Waals surface area contributed by atoms with E-state index in [1.54, 1.807) is 6.92 Å². The molecule has 0 unspecified atom stereocenters. The minimum atomic E-state index is -1.30. The highest BCUT2D eigenvalue weighted by atomic mass is 16.5. The van der Waals surface area contributed by atoms with Crippen molar-refractivity contribution < 1.29 is 14.3 Å². The number of ether oxygens (including phenoxy) is 1. The van der Waals surface area contributed by atoms with Gasteiger partial charge in [0, 0.05) is 7.05 Å². The average molecular weight is 188 g/mol. The lowest BCUT2D eigenvalue weighted by Crippen LogP contribution is -2.58. The van der Waals surface area contributed by atoms with Crippen molar-refractivity contribution >= 4 is 11.9 Å². The number of likely N-dealkylation sites (N-methyl/N-ethyl adjacent to an activating group) is 2. The van der Waals surface area contributed by atoms with Crippen molar-refractivity contribution in [2.45, 2.75) is 19.4 Å². The molecule has 0 saturated heterocycles. The number of rotatable bonds is 4. The molecule has 0 aromatic heterocycles. The highest BCUT2D eigenvalue weighted by Crippen LogP contribution is 2.05. The summed E-state index contributed by atoms with van der Waals surface area (Å²) >= 11 is 0. The Morgan fingerprint density at radius 2 is 1.92 bits per heavy atom. The largest absolute Gasteiger partial charge is 0.464 e. The van der Waals surface area contributed by atoms with Gasteiger partial charge < -0.3 is 10.1 Å². The van der Waals surface area contributed by atoms with Crippen LogP contribution < -0.4 is 10.6 Å². The second-order valence-electron chi connectivity index (χ2n) is 2.67. The summed E-state index contributed by atoms with van der Waals surface area (Å²) in [5, 5.41) is 5.02. The molecule has 0 aliphatic heterocycles. The van der Waals surface area contributed by atoms with Crippen LogP contribution in [0.25, 0.3) is 0 Å². The predicted molar refractivity (Wildman–Crippen MR) is 48.2 cm³/mol. The predicted octanol–water partition coefficient (Wildman–Crippen LogP) is -0.726. The third kappa shape index (κ3) is 2.42. The highest BCUT2D eigenvalue weighted by molar-refractivity contribution is 6.06. The number of hydrogen-bond donors (Lipinski definition) is 2. The summed E-state index contributed by atoms with van der Waals surface area (Å²) in [7, 11) is 3.00. The molecule has 0 radical (unpaired) electrons. The molecule has 0 heterocycles. The molecular formula is C8H16N2O3. The van der Waals surface area contributed by atoms with E-state index < -0.39 is 17.4 Å². The summed E-state index contributed by atoms with van der Waals surface area (Å²) in [6.45, 7) is 3.43. The van der Waals surface area contributed by atoms with Gasteiger partial charge in [0.05, 0.1) is 6.61 Å². The van der Waals surface area contributed by atoms with Crippen molar-refractivity contribution in [1.82, 2.24) is 10.6 Å². The Morgan fingerprint density at radius 1 is 1.38 bits per heavy atom. The summed E-state index contributed by atoms with van der Waals surface area (Å²) in [6, 6.07) is 0. The minimum Gasteiger partial charge on any atom is -0.464 e. The van der Waals surface area contributed by atoms with Crippen molar-refractivity contribution in [2.75, 3.05) is 20.7 Å². The zero-order chi connectivity index (χ0) is 10.5. The summed E-state index contributed by atoms with van der Waals surface area (Å²) in [4.78, 5) is 22.7. The van der Waals surface area contributed by atoms with E-state index in [1.807, 2.05) is 0 Å². The molecule has 0 spiro atoms. The van der Waals surface area contributed by atoms with Gasteiger partial charge in [-0.1, -0.05) is 0 Å². The van der Waals surface area contributed by atoms with Gasteiger partial charge in [-0.15, -0.1) is 0 Å². The van der Waals surface area contributed by atoms with E-state index in [-0.39, 0.29) is 6.61 Å². The standard InChI is InChI=1S/C8H16N2O3/c1-5-13-7(12)8(2,10-4)6(11)9-3/h10H,5H2,1-4H3,(H,9,11)/t8-/m1/s1. The Hall–Kier alpha value is -1.10. The third-order valence-corrected chi connectivity index (χ3v) is 1.86. The van der Waals surface area contributed by atoms with Crippen LogP contribution in [0.5, 0.6) is 0 Å². The summed E-state index contributed by atoms with van der Waals surface area (Å²) in [5.41, 5.74) is -1.30. The van der Waals surface area contributed by atoms with Crippen molar-refractivity contribution in [2.24, 2.45) is 0 Å². The molecule has 0 aliphatic carbocycles. The van der Waals surface area contributed by atoms with Crippen LogP contribution >= 0.6 is 0 Å². The van der Waals surface area contributed by atoms with Gasteiger partial charge in [-0.2, -0.15) is 0 Å². The fraction of sp³-hybridized carbons (Fsp3) is 0.750. The van der Waals surface area contributed by atoms with Crippen molar-refractivity contribution in [1.29, 1.82) is 0 Å². The third-order valence-electron chi connectivity index (χ3n) is 1.86. The highest BCUT2D eigenvalue weighted by Gasteiger charge is 2.40. The lowest BCUT2D eigenvalue weighted by Gasteiger charge is -2.24. The summed E-state index contributed by atoms with van der Waals surface area (Å²) in [5.74, 6) is -0.981. The lowest BCUT2D eigenvalue weighted by atomic mass is 10.0. The Balaban J connectivity index is 4.61. The Bertz CT molecular complexity index is 206. The fourth-order valence-corrected chi connectivity index (χ4v) is 0.834. The molecule has 0 fully saturated rings. The van der Waals surface area contributed by atoms with Gasteiger partial charge in [0.25, 0.3) is 5.91 Å². The van der Waals surface area contributed by atoms with Crippen molar-refractivity contribution in [3.63, 3.8) is 0 Å². The average Bonchev–Trinajstić information content (AvgIpc) is 2.15. The van der Waals surface area contributed by atoms with Crippen LogP contribution in [0, 0.1) is 0 Å². The van der Waals surface area contributed by atoms with E-state index in [4.69, 9.17) is 4.74 Å². The molecule has 1 atom stereocenters. The van der Waals surface area contributed by atoms with Crippen LogP contribution in [-0.2, 0) is 14.3 Å². The number of nitrogens with one attached hydrogen (secondary N) is 2. The topological polar surface area (TPSA) is 67.4 Å². The van der Waals surface area contributed by atoms with Gasteiger partial charge >= 0.3 is 5.97 Å². The van der Waals surface area contributed by atoms with E-state index in [0.717, 1.165) is 0 Å². The zero-order valence-corrected chi connectivity index (χ0v) is 8.43. The Labute approximate surface area is 77.8 Å². The molecule has 76 valence electrons. The van der Waals surface area contributed by atoms with Crippen LogP contribution in [0.2, 0.25) is 0 Å². The molecule has 0 aromatic rings. The molecule has 13 heavy (non-hydrogen) atoms. The first-order chi connectivity index (χ1) is 6.02. The Morgan fingerprint density at radius 3 is 2.23 bits per heavy atom. The van der Waals surface area contributed by atoms with Gasteiger partial charge in [-0.3, -0.25) is 10.1 Å². The molecule has 0 saturated carbocycles. The van der Waals surface area contributed by atoms with Crippen LogP contribution in [0.1, 0.15) is 13.8 Å². The van der Waals surface area contributed by atoms with Gasteiger partial charge in [0.1, 0.15) is 0 Å². The zero-order valence-electron chi connectivity index (χ0n) is 8.43. The van der Waals surface area contributed by atoms with E-state index >= 15 is 0 Å². The number of hydrogen-bond acceptors (Lipinski definition) is 4. The minimum absolute atomic E-state index is 0.257. The van der Waals surface area contributed by atoms with Gasteiger partial charge in [-0.05, 0) is 20.9 Å². The monoisotopic (exact) mass is 188 g/mol. The molecule has 2 N–H and O–H groups in total. The molecule has 1 amide bonds. The lowest BCUT2D eigenvalue weighted by molar-refractivity contribution is -0.154. The number of amides is 1. The second kappa shape index (κ2) is 4.81. The van der Waals surface area contributed by atoms with Crippen LogP contribution in [0.3, 0.4) is 0 Å². The van der Waals surface area contributed by atoms with E-state index in [0.29, 0.717) is 0 Å². The van der Waals surface area contributed by atoms with Gasteiger partial charge in [0.15, 0.2) is 5.54 Å². The quantitative estimate of drug-likeness (QED) is 0.451. The summed E-state index contributed by atoms with van der Waals surface area (Å²) in [6.07, 6.45) is 0. The molecule has 0 rings (SSSR count). The van der Waals surface area contributed by atoms with Crippen molar-refractivity contribution in [3.05, 3.63) is 0 Å². The first-order valence-corrected chi connectivity index (χ1v) is 4.11. The molecule has 5 heteroatoms. The smallest absolute Gasteiger partial charge is 0.335 e. The van der Waals surface area contributed by atoms with Gasteiger partial charge in [-0.25, -0.2) is 4.79 Å². The molecular weight excluding hydrogens is 172 g/mol.